The third kappa shape index (κ3) is 12.6. The molecule has 7 nitrogen and oxygen atoms in total. The third-order valence-electron chi connectivity index (χ3n) is 5.86. The highest BCUT2D eigenvalue weighted by molar-refractivity contribution is 6.08. The number of benzene rings is 1. The molecule has 198 valence electrons. The Hall–Kier alpha value is -3.09. The van der Waals surface area contributed by atoms with Crippen molar-refractivity contribution in [3.8, 4) is 0 Å². The van der Waals surface area contributed by atoms with Crippen LogP contribution in [-0.4, -0.2) is 41.7 Å². The lowest BCUT2D eigenvalue weighted by atomic mass is 9.87. The first-order valence-corrected chi connectivity index (χ1v) is 12.9. The van der Waals surface area contributed by atoms with E-state index in [4.69, 9.17) is 5.41 Å². The molecule has 1 rings (SSSR count). The van der Waals surface area contributed by atoms with E-state index < -0.39 is 17.9 Å². The molecule has 0 bridgehead atoms. The van der Waals surface area contributed by atoms with Crippen LogP contribution in [0.1, 0.15) is 83.5 Å². The Kier molecular flexibility index (Phi) is 14.2. The van der Waals surface area contributed by atoms with Crippen LogP contribution in [0.15, 0.2) is 42.5 Å². The second kappa shape index (κ2) is 16.6. The van der Waals surface area contributed by atoms with Crippen LogP contribution in [0.3, 0.4) is 0 Å². The molecule has 0 aliphatic carbocycles. The molecule has 36 heavy (non-hydrogen) atoms. The van der Waals surface area contributed by atoms with E-state index >= 15 is 0 Å². The van der Waals surface area contributed by atoms with Gasteiger partial charge in [-0.2, -0.15) is 0 Å². The molecule has 7 heteroatoms. The predicted octanol–water partition coefficient (Wildman–Crippen LogP) is 4.90. The van der Waals surface area contributed by atoms with Crippen LogP contribution < -0.4 is 10.6 Å². The van der Waals surface area contributed by atoms with Crippen LogP contribution in [-0.2, 0) is 14.4 Å². The quantitative estimate of drug-likeness (QED) is 0.123. The van der Waals surface area contributed by atoms with E-state index in [0.717, 1.165) is 31.8 Å². The molecular formula is C29H43N3O4. The van der Waals surface area contributed by atoms with E-state index in [1.807, 2.05) is 27.7 Å². The van der Waals surface area contributed by atoms with Gasteiger partial charge in [0.1, 0.15) is 0 Å². The van der Waals surface area contributed by atoms with Crippen molar-refractivity contribution in [2.24, 2.45) is 17.8 Å². The van der Waals surface area contributed by atoms with Crippen molar-refractivity contribution in [3.05, 3.63) is 48.0 Å². The number of carbonyl (C=O) groups is 4. The van der Waals surface area contributed by atoms with Crippen LogP contribution in [0.2, 0.25) is 0 Å². The number of hydrogen-bond donors (Lipinski definition) is 3. The van der Waals surface area contributed by atoms with Crippen molar-refractivity contribution in [1.29, 1.82) is 5.41 Å². The number of rotatable bonds is 17. The van der Waals surface area contributed by atoms with E-state index in [0.29, 0.717) is 24.2 Å². The second-order valence-corrected chi connectivity index (χ2v) is 10.2. The summed E-state index contributed by atoms with van der Waals surface area (Å²) in [6.07, 6.45) is 6.45. The van der Waals surface area contributed by atoms with Gasteiger partial charge in [0.25, 0.3) is 0 Å². The average molecular weight is 498 g/mol. The van der Waals surface area contributed by atoms with Crippen LogP contribution in [0, 0.1) is 23.2 Å². The van der Waals surface area contributed by atoms with Crippen molar-refractivity contribution in [1.82, 2.24) is 10.6 Å². The first-order chi connectivity index (χ1) is 17.0. The molecule has 0 saturated carbocycles. The maximum Gasteiger partial charge on any atom is 0.244 e. The zero-order valence-corrected chi connectivity index (χ0v) is 22.4. The van der Waals surface area contributed by atoms with Gasteiger partial charge in [0.2, 0.25) is 11.8 Å². The van der Waals surface area contributed by atoms with Gasteiger partial charge in [0.05, 0.1) is 6.04 Å². The molecule has 1 aromatic carbocycles. The van der Waals surface area contributed by atoms with Gasteiger partial charge in [-0.25, -0.2) is 0 Å². The van der Waals surface area contributed by atoms with Gasteiger partial charge in [-0.05, 0) is 50.5 Å². The molecule has 1 aromatic rings. The fourth-order valence-electron chi connectivity index (χ4n) is 3.94. The normalized spacial score (nSPS) is 13.0. The molecule has 2 amide bonds. The maximum absolute atomic E-state index is 13.1. The third-order valence-corrected chi connectivity index (χ3v) is 5.86. The van der Waals surface area contributed by atoms with E-state index in [9.17, 15) is 19.2 Å². The molecule has 0 aromatic heterocycles. The van der Waals surface area contributed by atoms with Crippen LogP contribution >= 0.6 is 0 Å². The van der Waals surface area contributed by atoms with Gasteiger partial charge in [-0.1, -0.05) is 64.4 Å². The van der Waals surface area contributed by atoms with E-state index in [2.05, 4.69) is 10.6 Å². The van der Waals surface area contributed by atoms with Gasteiger partial charge in [-0.3, -0.25) is 19.2 Å². The van der Waals surface area contributed by atoms with Gasteiger partial charge >= 0.3 is 0 Å². The Morgan fingerprint density at radius 3 is 2.19 bits per heavy atom. The molecule has 2 atom stereocenters. The van der Waals surface area contributed by atoms with Crippen molar-refractivity contribution in [2.45, 2.75) is 79.2 Å². The summed E-state index contributed by atoms with van der Waals surface area (Å²) in [7, 11) is 0. The highest BCUT2D eigenvalue weighted by Crippen LogP contribution is 2.19. The van der Waals surface area contributed by atoms with E-state index in [1.165, 1.54) is 6.08 Å². The van der Waals surface area contributed by atoms with Crippen LogP contribution in [0.4, 0.5) is 0 Å². The monoisotopic (exact) mass is 497 g/mol. The molecule has 0 saturated heterocycles. The lowest BCUT2D eigenvalue weighted by Crippen LogP contribution is -2.45. The standard InChI is InChI=1S/C29H43N3O4/c1-20(2)18-24(29(36)31-17-11-7-8-12-22(5)30)19-26(34)28(21(3)4)32-27(35)16-15-25(33)23-13-9-6-10-14-23/h6,9-10,13-16,20-21,24,28,30H,7-8,11-12,17-19H2,1-5H3,(H,31,36)(H,32,35)/b16-15+,30-22?. The summed E-state index contributed by atoms with van der Waals surface area (Å²) in [5.41, 5.74) is 1.14. The van der Waals surface area contributed by atoms with E-state index in [1.54, 1.807) is 37.3 Å². The zero-order chi connectivity index (χ0) is 27.1. The highest BCUT2D eigenvalue weighted by atomic mass is 16.2. The van der Waals surface area contributed by atoms with Crippen molar-refractivity contribution in [3.63, 3.8) is 0 Å². The smallest absolute Gasteiger partial charge is 0.244 e. The van der Waals surface area contributed by atoms with Gasteiger partial charge in [0.15, 0.2) is 11.6 Å². The number of ketones is 2. The Morgan fingerprint density at radius 2 is 1.61 bits per heavy atom. The summed E-state index contributed by atoms with van der Waals surface area (Å²) in [6.45, 7) is 10.1. The van der Waals surface area contributed by atoms with Crippen molar-refractivity contribution >= 4 is 29.1 Å². The van der Waals surface area contributed by atoms with Gasteiger partial charge < -0.3 is 16.0 Å². The summed E-state index contributed by atoms with van der Waals surface area (Å²) < 4.78 is 0. The molecule has 0 aliphatic rings. The first-order valence-electron chi connectivity index (χ1n) is 12.9. The zero-order valence-electron chi connectivity index (χ0n) is 22.4. The summed E-state index contributed by atoms with van der Waals surface area (Å²) in [4.78, 5) is 50.7. The van der Waals surface area contributed by atoms with Gasteiger partial charge in [-0.15, -0.1) is 0 Å². The molecule has 0 radical (unpaired) electrons. The molecule has 2 unspecified atom stereocenters. The van der Waals surface area contributed by atoms with Crippen LogP contribution in [0.5, 0.6) is 0 Å². The number of carbonyl (C=O) groups excluding carboxylic acids is 4. The van der Waals surface area contributed by atoms with Crippen LogP contribution in [0.25, 0.3) is 0 Å². The minimum atomic E-state index is -0.749. The molecule has 0 aliphatic heterocycles. The minimum absolute atomic E-state index is 0.0484. The Labute approximate surface area is 216 Å². The number of Topliss-reactive ketones (excluding diaryl/α,β-unsaturated/α-hetero) is 1. The van der Waals surface area contributed by atoms with Gasteiger partial charge in [0, 0.05) is 36.2 Å². The molecular weight excluding hydrogens is 454 g/mol. The summed E-state index contributed by atoms with van der Waals surface area (Å²) in [5.74, 6) is -1.53. The summed E-state index contributed by atoms with van der Waals surface area (Å²) in [5, 5.41) is 13.1. The average Bonchev–Trinajstić information content (AvgIpc) is 2.82. The summed E-state index contributed by atoms with van der Waals surface area (Å²) >= 11 is 0. The fraction of sp³-hybridized carbons (Fsp3) is 0.552. The lowest BCUT2D eigenvalue weighted by molar-refractivity contribution is -0.132. The molecule has 0 spiro atoms. The topological polar surface area (TPSA) is 116 Å². The molecule has 0 heterocycles. The minimum Gasteiger partial charge on any atom is -0.356 e. The number of nitrogens with one attached hydrogen (secondary N) is 3. The Morgan fingerprint density at radius 1 is 0.944 bits per heavy atom. The molecule has 3 N–H and O–H groups in total. The SMILES string of the molecule is CC(=N)CCCCCNC(=O)C(CC(=O)C(NC(=O)/C=C/C(=O)c1ccccc1)C(C)C)CC(C)C. The summed E-state index contributed by atoms with van der Waals surface area (Å²) in [6, 6.07) is 7.89. The maximum atomic E-state index is 13.1. The fourth-order valence-corrected chi connectivity index (χ4v) is 3.94. The molecule has 0 fully saturated rings. The number of allylic oxidation sites excluding steroid dienone is 1. The number of hydrogen-bond acceptors (Lipinski definition) is 5. The largest absolute Gasteiger partial charge is 0.356 e. The van der Waals surface area contributed by atoms with Crippen molar-refractivity contribution < 1.29 is 19.2 Å². The highest BCUT2D eigenvalue weighted by Gasteiger charge is 2.29. The second-order valence-electron chi connectivity index (χ2n) is 10.2. The van der Waals surface area contributed by atoms with E-state index in [-0.39, 0.29) is 35.7 Å². The van der Waals surface area contributed by atoms with Crippen molar-refractivity contribution in [2.75, 3.05) is 6.54 Å². The lowest BCUT2D eigenvalue weighted by Gasteiger charge is -2.24. The number of amides is 2. The first kappa shape index (κ1) is 30.9. The number of unbranched alkanes of at least 4 members (excludes halogenated alkanes) is 2. The Bertz CT molecular complexity index is 906. The Balaban J connectivity index is 2.70. The predicted molar refractivity (Wildman–Crippen MR) is 144 cm³/mol.